The van der Waals surface area contributed by atoms with Gasteiger partial charge < -0.3 is 0 Å². The average molecular weight is 599 g/mol. The van der Waals surface area contributed by atoms with E-state index in [1.165, 1.54) is 40.9 Å². The van der Waals surface area contributed by atoms with Crippen molar-refractivity contribution >= 4 is 33.2 Å². The smallest absolute Gasteiger partial charge is 0.246 e. The minimum absolute atomic E-state index is 0.0861. The van der Waals surface area contributed by atoms with Crippen LogP contribution >= 0.6 is 11.3 Å². The standard InChI is InChI=1S/C28H28F2N6O3S2/c1-3-35(41(38,39)24-16-32-34(17-24)18(2)29)23-7-4-20-12-25-19(15-33-36(25)22-8-5-21(30)6-9-22)13-28(20,14-23)26(37)27-31-10-11-40-27/h5-6,8-12,15-18,23H,3-4,7,13-14H2,1-2H3/t18?,23-,28-/m0/s1. The van der Waals surface area contributed by atoms with Gasteiger partial charge in [0.15, 0.2) is 11.3 Å². The number of fused-ring (bicyclic) bond motifs is 2. The molecular formula is C28H28F2N6O3S2. The summed E-state index contributed by atoms with van der Waals surface area (Å²) in [5.74, 6) is -0.488. The van der Waals surface area contributed by atoms with Crippen LogP contribution in [-0.4, -0.2) is 55.6 Å². The van der Waals surface area contributed by atoms with Crippen LogP contribution < -0.4 is 0 Å². The van der Waals surface area contributed by atoms with Crippen LogP contribution in [-0.2, 0) is 16.4 Å². The van der Waals surface area contributed by atoms with Crippen LogP contribution in [0.15, 0.2) is 64.9 Å². The number of aromatic nitrogens is 5. The number of benzene rings is 1. The lowest BCUT2D eigenvalue weighted by molar-refractivity contribution is 0.0744. The van der Waals surface area contributed by atoms with E-state index in [-0.39, 0.29) is 29.5 Å². The number of thiazole rings is 1. The van der Waals surface area contributed by atoms with Crippen molar-refractivity contribution in [1.29, 1.82) is 0 Å². The Labute approximate surface area is 240 Å². The molecule has 0 N–H and O–H groups in total. The number of ketones is 1. The van der Waals surface area contributed by atoms with E-state index in [0.29, 0.717) is 30.0 Å². The Hall–Kier alpha value is -3.55. The molecule has 41 heavy (non-hydrogen) atoms. The van der Waals surface area contributed by atoms with Crippen molar-refractivity contribution in [2.75, 3.05) is 6.54 Å². The predicted octanol–water partition coefficient (Wildman–Crippen LogP) is 5.22. The number of rotatable bonds is 8. The molecule has 1 saturated carbocycles. The molecule has 3 atom stereocenters. The molecule has 9 nitrogen and oxygen atoms in total. The van der Waals surface area contributed by atoms with Gasteiger partial charge in [-0.05, 0) is 68.5 Å². The molecule has 0 spiro atoms. The summed E-state index contributed by atoms with van der Waals surface area (Å²) >= 11 is 1.26. The maximum atomic E-state index is 14.2. The van der Waals surface area contributed by atoms with Crippen LogP contribution in [0.25, 0.3) is 11.8 Å². The first-order valence-electron chi connectivity index (χ1n) is 13.3. The first-order valence-corrected chi connectivity index (χ1v) is 15.6. The molecule has 2 aliphatic carbocycles. The Balaban J connectivity index is 1.40. The number of allylic oxidation sites excluding steroid dienone is 1. The zero-order valence-corrected chi connectivity index (χ0v) is 24.1. The molecule has 0 bridgehead atoms. The zero-order chi connectivity index (χ0) is 28.9. The third-order valence-corrected chi connectivity index (χ3v) is 10.8. The molecule has 3 aromatic heterocycles. The van der Waals surface area contributed by atoms with Crippen molar-refractivity contribution in [2.24, 2.45) is 5.41 Å². The molecule has 13 heteroatoms. The van der Waals surface area contributed by atoms with E-state index in [4.69, 9.17) is 0 Å². The highest BCUT2D eigenvalue weighted by molar-refractivity contribution is 7.89. The number of sulfonamides is 1. The lowest BCUT2D eigenvalue weighted by atomic mass is 9.61. The Bertz CT molecular complexity index is 1730. The largest absolute Gasteiger partial charge is 0.290 e. The van der Waals surface area contributed by atoms with Crippen molar-refractivity contribution in [3.8, 4) is 5.69 Å². The van der Waals surface area contributed by atoms with Gasteiger partial charge in [0, 0.05) is 30.4 Å². The van der Waals surface area contributed by atoms with Gasteiger partial charge in [0.2, 0.25) is 15.8 Å². The van der Waals surface area contributed by atoms with Crippen LogP contribution in [0.4, 0.5) is 8.78 Å². The lowest BCUT2D eigenvalue weighted by Gasteiger charge is -2.46. The van der Waals surface area contributed by atoms with E-state index in [1.807, 2.05) is 6.08 Å². The zero-order valence-electron chi connectivity index (χ0n) is 22.4. The summed E-state index contributed by atoms with van der Waals surface area (Å²) in [7, 11) is -4.01. The summed E-state index contributed by atoms with van der Waals surface area (Å²) in [6, 6.07) is 5.56. The van der Waals surface area contributed by atoms with Crippen LogP contribution in [0.5, 0.6) is 0 Å². The molecule has 0 aliphatic heterocycles. The molecular weight excluding hydrogens is 570 g/mol. The summed E-state index contributed by atoms with van der Waals surface area (Å²) in [6.07, 6.45) is 7.76. The first kappa shape index (κ1) is 27.6. The second-order valence-electron chi connectivity index (χ2n) is 10.4. The molecule has 2 aliphatic rings. The Kier molecular flexibility index (Phi) is 6.99. The van der Waals surface area contributed by atoms with Crippen molar-refractivity contribution in [3.63, 3.8) is 0 Å². The fourth-order valence-electron chi connectivity index (χ4n) is 6.07. The van der Waals surface area contributed by atoms with E-state index >= 15 is 0 Å². The monoisotopic (exact) mass is 598 g/mol. The number of Topliss-reactive ketones (excluding diaryl/α,β-unsaturated/α-hetero) is 1. The van der Waals surface area contributed by atoms with Gasteiger partial charge in [0.05, 0.1) is 29.2 Å². The Morgan fingerprint density at radius 1 is 1.24 bits per heavy atom. The second kappa shape index (κ2) is 10.4. The van der Waals surface area contributed by atoms with Gasteiger partial charge in [-0.25, -0.2) is 31.5 Å². The maximum absolute atomic E-state index is 14.2. The summed E-state index contributed by atoms with van der Waals surface area (Å²) in [5, 5.41) is 10.6. The van der Waals surface area contributed by atoms with Crippen LogP contribution in [0.3, 0.4) is 0 Å². The van der Waals surface area contributed by atoms with Gasteiger partial charge in [-0.2, -0.15) is 14.5 Å². The number of hydrogen-bond donors (Lipinski definition) is 0. The fourth-order valence-corrected chi connectivity index (χ4v) is 8.35. The average Bonchev–Trinajstić information content (AvgIpc) is 3.73. The summed E-state index contributed by atoms with van der Waals surface area (Å²) in [5.41, 5.74) is 2.25. The van der Waals surface area contributed by atoms with Crippen LogP contribution in [0, 0.1) is 11.2 Å². The van der Waals surface area contributed by atoms with Gasteiger partial charge in [0.1, 0.15) is 10.7 Å². The van der Waals surface area contributed by atoms with Crippen LogP contribution in [0.2, 0.25) is 0 Å². The normalized spacial score (nSPS) is 21.3. The summed E-state index contributed by atoms with van der Waals surface area (Å²) in [4.78, 5) is 18.4. The molecule has 0 saturated heterocycles. The number of carbonyl (C=O) groups excluding carboxylic acids is 1. The van der Waals surface area contributed by atoms with Crippen molar-refractivity contribution in [1.82, 2.24) is 28.9 Å². The van der Waals surface area contributed by atoms with E-state index in [2.05, 4.69) is 15.2 Å². The van der Waals surface area contributed by atoms with E-state index in [9.17, 15) is 22.0 Å². The maximum Gasteiger partial charge on any atom is 0.246 e. The summed E-state index contributed by atoms with van der Waals surface area (Å²) in [6.45, 7) is 3.21. The first-order chi connectivity index (χ1) is 19.6. The quantitative estimate of drug-likeness (QED) is 0.258. The fraction of sp³-hybridized carbons (Fsp3) is 0.357. The Morgan fingerprint density at radius 3 is 2.68 bits per heavy atom. The Morgan fingerprint density at radius 2 is 2.02 bits per heavy atom. The molecule has 3 heterocycles. The SMILES string of the molecule is CCN([C@H]1CCC2=Cc3c(cnn3-c3ccc(F)cc3)C[C@]2(C(=O)c2nccs2)C1)S(=O)(=O)c1cnn(C(C)F)c1. The highest BCUT2D eigenvalue weighted by Gasteiger charge is 2.52. The third-order valence-electron chi connectivity index (χ3n) is 8.04. The lowest BCUT2D eigenvalue weighted by Crippen LogP contribution is -2.50. The topological polar surface area (TPSA) is 103 Å². The van der Waals surface area contributed by atoms with Crippen molar-refractivity contribution in [3.05, 3.63) is 82.1 Å². The van der Waals surface area contributed by atoms with Crippen LogP contribution in [0.1, 0.15) is 60.5 Å². The molecule has 1 unspecified atom stereocenters. The molecule has 214 valence electrons. The third kappa shape index (κ3) is 4.65. The summed E-state index contributed by atoms with van der Waals surface area (Å²) < 4.78 is 59.0. The van der Waals surface area contributed by atoms with E-state index in [1.54, 1.807) is 41.5 Å². The van der Waals surface area contributed by atoms with Gasteiger partial charge in [0.25, 0.3) is 0 Å². The van der Waals surface area contributed by atoms with Crippen molar-refractivity contribution in [2.45, 2.75) is 56.8 Å². The number of alkyl halides is 1. The van der Waals surface area contributed by atoms with Crippen molar-refractivity contribution < 1.29 is 22.0 Å². The molecule has 6 rings (SSSR count). The molecule has 0 radical (unpaired) electrons. The molecule has 1 fully saturated rings. The van der Waals surface area contributed by atoms with Gasteiger partial charge in [-0.15, -0.1) is 11.3 Å². The second-order valence-corrected chi connectivity index (χ2v) is 13.2. The van der Waals surface area contributed by atoms with Gasteiger partial charge in [-0.1, -0.05) is 12.5 Å². The number of hydrogen-bond acceptors (Lipinski definition) is 7. The highest BCUT2D eigenvalue weighted by Crippen LogP contribution is 2.51. The highest BCUT2D eigenvalue weighted by atomic mass is 32.2. The van der Waals surface area contributed by atoms with E-state index in [0.717, 1.165) is 27.7 Å². The van der Waals surface area contributed by atoms with Gasteiger partial charge >= 0.3 is 0 Å². The minimum Gasteiger partial charge on any atom is -0.290 e. The minimum atomic E-state index is -4.01. The molecule has 1 aromatic carbocycles. The number of halogens is 2. The molecule has 0 amide bonds. The number of nitrogens with zero attached hydrogens (tertiary/aromatic N) is 6. The van der Waals surface area contributed by atoms with E-state index < -0.39 is 27.8 Å². The molecule has 4 aromatic rings. The predicted molar refractivity (Wildman–Crippen MR) is 149 cm³/mol. The van der Waals surface area contributed by atoms with Gasteiger partial charge in [-0.3, -0.25) is 4.79 Å². The number of carbonyl (C=O) groups is 1.